The fourth-order valence-corrected chi connectivity index (χ4v) is 6.02. The number of carbonyl (C=O) groups is 1. The molecule has 6 rings (SSSR count). The summed E-state index contributed by atoms with van der Waals surface area (Å²) in [7, 11) is 0. The van der Waals surface area contributed by atoms with E-state index in [-0.39, 0.29) is 17.5 Å². The molecule has 4 aliphatic carbocycles. The van der Waals surface area contributed by atoms with Crippen molar-refractivity contribution in [2.45, 2.75) is 64.0 Å². The summed E-state index contributed by atoms with van der Waals surface area (Å²) in [6, 6.07) is 2.20. The highest BCUT2D eigenvalue weighted by molar-refractivity contribution is 5.97. The number of amides is 1. The molecule has 0 unspecified atom stereocenters. The fraction of sp³-hybridized carbons (Fsp3) is 0.650. The Hall–Kier alpha value is -1.91. The Morgan fingerprint density at radius 3 is 2.40 bits per heavy atom. The van der Waals surface area contributed by atoms with Crippen LogP contribution in [0.1, 0.15) is 68.8 Å². The van der Waals surface area contributed by atoms with Gasteiger partial charge in [-0.15, -0.1) is 0 Å². The lowest BCUT2D eigenvalue weighted by atomic mass is 9.53. The van der Waals surface area contributed by atoms with Gasteiger partial charge in [0.15, 0.2) is 5.65 Å². The van der Waals surface area contributed by atoms with E-state index < -0.39 is 0 Å². The quantitative estimate of drug-likeness (QED) is 0.928. The number of nitrogens with zero attached hydrogens (tertiary/aromatic N) is 3. The predicted molar refractivity (Wildman–Crippen MR) is 96.3 cm³/mol. The molecule has 4 saturated carbocycles. The van der Waals surface area contributed by atoms with Crippen LogP contribution in [0.2, 0.25) is 0 Å². The molecule has 2 aromatic rings. The number of pyridine rings is 1. The molecule has 4 bridgehead atoms. The Balaban J connectivity index is 1.40. The van der Waals surface area contributed by atoms with Gasteiger partial charge in [0.2, 0.25) is 0 Å². The molecular weight excluding hydrogens is 312 g/mol. The maximum atomic E-state index is 12.9. The van der Waals surface area contributed by atoms with Crippen LogP contribution in [-0.4, -0.2) is 26.2 Å². The average Bonchev–Trinajstić information content (AvgIpc) is 2.96. The van der Waals surface area contributed by atoms with E-state index in [1.165, 1.54) is 38.5 Å². The van der Waals surface area contributed by atoms with E-state index in [0.29, 0.717) is 5.56 Å². The molecule has 25 heavy (non-hydrogen) atoms. The number of aromatic nitrogens is 3. The summed E-state index contributed by atoms with van der Waals surface area (Å²) in [6.45, 7) is 4.17. The van der Waals surface area contributed by atoms with Gasteiger partial charge in [0.25, 0.3) is 5.91 Å². The number of fused-ring (bicyclic) bond motifs is 1. The molecule has 4 fully saturated rings. The summed E-state index contributed by atoms with van der Waals surface area (Å²) in [5.41, 5.74) is 1.55. The Bertz CT molecular complexity index is 802. The molecule has 0 atom stereocenters. The minimum atomic E-state index is 0.0358. The van der Waals surface area contributed by atoms with Gasteiger partial charge in [-0.1, -0.05) is 0 Å². The van der Waals surface area contributed by atoms with Crippen LogP contribution in [0.15, 0.2) is 18.5 Å². The number of hydrogen-bond donors (Lipinski definition) is 1. The summed E-state index contributed by atoms with van der Waals surface area (Å²) < 4.78 is 1.90. The normalized spacial score (nSPS) is 33.3. The minimum Gasteiger partial charge on any atom is -0.347 e. The SMILES string of the molecule is CC(C)n1ncc2cc(C(=O)NC34CC5CC(CC(C5)C3)C4)cnc21. The van der Waals surface area contributed by atoms with E-state index >= 15 is 0 Å². The maximum absolute atomic E-state index is 12.9. The van der Waals surface area contributed by atoms with E-state index in [9.17, 15) is 4.79 Å². The molecular formula is C20H26N4O. The van der Waals surface area contributed by atoms with Crippen molar-refractivity contribution < 1.29 is 4.79 Å². The topological polar surface area (TPSA) is 59.8 Å². The molecule has 1 amide bonds. The van der Waals surface area contributed by atoms with Gasteiger partial charge in [-0.2, -0.15) is 5.10 Å². The van der Waals surface area contributed by atoms with E-state index in [1.54, 1.807) is 6.20 Å². The molecule has 1 N–H and O–H groups in total. The first-order valence-corrected chi connectivity index (χ1v) is 9.67. The molecule has 0 radical (unpaired) electrons. The fourth-order valence-electron chi connectivity index (χ4n) is 6.02. The Kier molecular flexibility index (Phi) is 3.25. The first kappa shape index (κ1) is 15.4. The van der Waals surface area contributed by atoms with Crippen LogP contribution in [0.4, 0.5) is 0 Å². The van der Waals surface area contributed by atoms with Gasteiger partial charge in [-0.05, 0) is 76.2 Å². The molecule has 4 aliphatic rings. The molecule has 2 aromatic heterocycles. The zero-order valence-electron chi connectivity index (χ0n) is 15.0. The van der Waals surface area contributed by atoms with Gasteiger partial charge < -0.3 is 5.32 Å². The van der Waals surface area contributed by atoms with E-state index in [2.05, 4.69) is 29.2 Å². The Labute approximate surface area is 148 Å². The first-order chi connectivity index (χ1) is 12.0. The van der Waals surface area contributed by atoms with Crippen LogP contribution < -0.4 is 5.32 Å². The smallest absolute Gasteiger partial charge is 0.253 e. The third-order valence-corrected chi connectivity index (χ3v) is 6.60. The molecule has 132 valence electrons. The molecule has 0 aliphatic heterocycles. The van der Waals surface area contributed by atoms with Crippen LogP contribution in [0.25, 0.3) is 11.0 Å². The Morgan fingerprint density at radius 1 is 1.16 bits per heavy atom. The molecule has 5 heteroatoms. The highest BCUT2D eigenvalue weighted by Crippen LogP contribution is 2.55. The zero-order valence-corrected chi connectivity index (χ0v) is 15.0. The summed E-state index contributed by atoms with van der Waals surface area (Å²) >= 11 is 0. The van der Waals surface area contributed by atoms with Crippen molar-refractivity contribution in [3.8, 4) is 0 Å². The number of rotatable bonds is 3. The van der Waals surface area contributed by atoms with Crippen LogP contribution in [-0.2, 0) is 0 Å². The standard InChI is InChI=1S/C20H26N4O/c1-12(2)24-18-16(11-22-24)6-17(10-21-18)19(25)23-20-7-13-3-14(8-20)5-15(4-13)9-20/h6,10-15H,3-5,7-9H2,1-2H3,(H,23,25). The van der Waals surface area contributed by atoms with Crippen molar-refractivity contribution in [2.24, 2.45) is 17.8 Å². The molecule has 2 heterocycles. The van der Waals surface area contributed by atoms with Gasteiger partial charge in [0.05, 0.1) is 11.8 Å². The highest BCUT2D eigenvalue weighted by atomic mass is 16.1. The number of nitrogens with one attached hydrogen (secondary N) is 1. The van der Waals surface area contributed by atoms with Crippen molar-refractivity contribution in [2.75, 3.05) is 0 Å². The monoisotopic (exact) mass is 338 g/mol. The maximum Gasteiger partial charge on any atom is 0.253 e. The number of hydrogen-bond acceptors (Lipinski definition) is 3. The van der Waals surface area contributed by atoms with Crippen LogP contribution in [0.5, 0.6) is 0 Å². The second-order valence-corrected chi connectivity index (χ2v) is 8.97. The molecule has 0 spiro atoms. The Morgan fingerprint density at radius 2 is 1.80 bits per heavy atom. The lowest BCUT2D eigenvalue weighted by molar-refractivity contribution is -0.0167. The summed E-state index contributed by atoms with van der Waals surface area (Å²) in [4.78, 5) is 17.5. The van der Waals surface area contributed by atoms with E-state index in [4.69, 9.17) is 0 Å². The van der Waals surface area contributed by atoms with Crippen molar-refractivity contribution >= 4 is 16.9 Å². The number of carbonyl (C=O) groups excluding carboxylic acids is 1. The van der Waals surface area contributed by atoms with E-state index in [0.717, 1.165) is 28.8 Å². The van der Waals surface area contributed by atoms with Gasteiger partial charge in [-0.25, -0.2) is 9.67 Å². The largest absolute Gasteiger partial charge is 0.347 e. The van der Waals surface area contributed by atoms with Gasteiger partial charge in [0.1, 0.15) is 0 Å². The van der Waals surface area contributed by atoms with Crippen LogP contribution in [0.3, 0.4) is 0 Å². The van der Waals surface area contributed by atoms with Crippen molar-refractivity contribution in [1.82, 2.24) is 20.1 Å². The predicted octanol–water partition coefficient (Wildman–Crippen LogP) is 3.71. The molecule has 0 saturated heterocycles. The third-order valence-electron chi connectivity index (χ3n) is 6.60. The van der Waals surface area contributed by atoms with E-state index in [1.807, 2.05) is 16.9 Å². The average molecular weight is 338 g/mol. The highest BCUT2D eigenvalue weighted by Gasteiger charge is 2.51. The van der Waals surface area contributed by atoms with Crippen LogP contribution in [0, 0.1) is 17.8 Å². The molecule has 5 nitrogen and oxygen atoms in total. The second kappa shape index (κ2) is 5.29. The van der Waals surface area contributed by atoms with Gasteiger partial charge in [-0.3, -0.25) is 4.79 Å². The zero-order chi connectivity index (χ0) is 17.2. The summed E-state index contributed by atoms with van der Waals surface area (Å²) in [5.74, 6) is 2.53. The summed E-state index contributed by atoms with van der Waals surface area (Å²) in [5, 5.41) is 8.76. The lowest BCUT2D eigenvalue weighted by Crippen LogP contribution is -2.59. The van der Waals surface area contributed by atoms with Crippen molar-refractivity contribution in [3.05, 3.63) is 24.0 Å². The van der Waals surface area contributed by atoms with Crippen molar-refractivity contribution in [3.63, 3.8) is 0 Å². The first-order valence-electron chi connectivity index (χ1n) is 9.67. The summed E-state index contributed by atoms with van der Waals surface area (Å²) in [6.07, 6.45) is 11.2. The molecule has 0 aromatic carbocycles. The van der Waals surface area contributed by atoms with Crippen LogP contribution >= 0.6 is 0 Å². The lowest BCUT2D eigenvalue weighted by Gasteiger charge is -2.56. The van der Waals surface area contributed by atoms with Crippen molar-refractivity contribution in [1.29, 1.82) is 0 Å². The second-order valence-electron chi connectivity index (χ2n) is 8.97. The van der Waals surface area contributed by atoms with Gasteiger partial charge >= 0.3 is 0 Å². The van der Waals surface area contributed by atoms with Gasteiger partial charge in [0, 0.05) is 23.2 Å². The minimum absolute atomic E-state index is 0.0358. The third kappa shape index (κ3) is 2.47.